The molecule has 2 nitrogen and oxygen atoms in total. The maximum Gasteiger partial charge on any atom is 0.0931 e. The van der Waals surface area contributed by atoms with Gasteiger partial charge in [-0.2, -0.15) is 0 Å². The Morgan fingerprint density at radius 3 is 2.63 bits per heavy atom. The zero-order chi connectivity index (χ0) is 13.8. The molecule has 0 fully saturated rings. The summed E-state index contributed by atoms with van der Waals surface area (Å²) in [5, 5.41) is 3.95. The van der Waals surface area contributed by atoms with Crippen molar-refractivity contribution >= 4 is 40.2 Å². The van der Waals surface area contributed by atoms with Crippen LogP contribution in [0.15, 0.2) is 30.3 Å². The van der Waals surface area contributed by atoms with Gasteiger partial charge in [-0.3, -0.25) is 0 Å². The van der Waals surface area contributed by atoms with E-state index in [0.29, 0.717) is 0 Å². The molecular formula is C14H16Cl2N2S. The summed E-state index contributed by atoms with van der Waals surface area (Å²) in [6.07, 6.45) is 0. The third-order valence-electron chi connectivity index (χ3n) is 2.84. The van der Waals surface area contributed by atoms with Gasteiger partial charge in [0, 0.05) is 18.5 Å². The minimum absolute atomic E-state index is 0.776. The SMILES string of the molecule is CNCc1cccc(Cl)c1N(C)Cc1ccc(Cl)s1. The molecule has 2 rings (SSSR count). The molecule has 0 aliphatic carbocycles. The average Bonchev–Trinajstić information content (AvgIpc) is 2.75. The van der Waals surface area contributed by atoms with Crippen molar-refractivity contribution in [2.75, 3.05) is 19.0 Å². The van der Waals surface area contributed by atoms with Crippen molar-refractivity contribution < 1.29 is 0 Å². The van der Waals surface area contributed by atoms with Crippen molar-refractivity contribution in [2.45, 2.75) is 13.1 Å². The standard InChI is InChI=1S/C14H16Cl2N2S/c1-17-8-10-4-3-5-12(15)14(10)18(2)9-11-6-7-13(16)19-11/h3-7,17H,8-9H2,1-2H3. The summed E-state index contributed by atoms with van der Waals surface area (Å²) in [6, 6.07) is 9.98. The van der Waals surface area contributed by atoms with E-state index in [4.69, 9.17) is 23.2 Å². The van der Waals surface area contributed by atoms with Crippen molar-refractivity contribution in [2.24, 2.45) is 0 Å². The van der Waals surface area contributed by atoms with E-state index in [1.54, 1.807) is 11.3 Å². The molecule has 2 aromatic rings. The van der Waals surface area contributed by atoms with Gasteiger partial charge in [0.05, 0.1) is 21.6 Å². The second-order valence-corrected chi connectivity index (χ2v) is 6.55. The number of para-hydroxylation sites is 1. The molecule has 1 aromatic carbocycles. The predicted octanol–water partition coefficient (Wildman–Crippen LogP) is 4.41. The topological polar surface area (TPSA) is 15.3 Å². The molecule has 0 spiro atoms. The Balaban J connectivity index is 2.24. The third kappa shape index (κ3) is 3.63. The highest BCUT2D eigenvalue weighted by molar-refractivity contribution is 7.16. The minimum atomic E-state index is 0.776. The summed E-state index contributed by atoms with van der Waals surface area (Å²) in [5.41, 5.74) is 2.27. The number of benzene rings is 1. The molecule has 0 radical (unpaired) electrons. The molecule has 0 saturated carbocycles. The van der Waals surface area contributed by atoms with Crippen LogP contribution in [0.2, 0.25) is 9.36 Å². The highest BCUT2D eigenvalue weighted by Crippen LogP contribution is 2.31. The number of anilines is 1. The van der Waals surface area contributed by atoms with Gasteiger partial charge < -0.3 is 10.2 Å². The second kappa shape index (κ2) is 6.62. The fourth-order valence-electron chi connectivity index (χ4n) is 2.07. The summed E-state index contributed by atoms with van der Waals surface area (Å²) in [4.78, 5) is 3.39. The van der Waals surface area contributed by atoms with Crippen molar-refractivity contribution in [3.8, 4) is 0 Å². The van der Waals surface area contributed by atoms with E-state index in [1.807, 2.05) is 32.3 Å². The van der Waals surface area contributed by atoms with Gasteiger partial charge in [-0.15, -0.1) is 11.3 Å². The zero-order valence-corrected chi connectivity index (χ0v) is 13.2. The number of thiophene rings is 1. The summed E-state index contributed by atoms with van der Waals surface area (Å²) < 4.78 is 0.818. The van der Waals surface area contributed by atoms with Crippen LogP contribution in [0, 0.1) is 0 Å². The van der Waals surface area contributed by atoms with Gasteiger partial charge in [0.2, 0.25) is 0 Å². The van der Waals surface area contributed by atoms with Gasteiger partial charge in [0.1, 0.15) is 0 Å². The van der Waals surface area contributed by atoms with Gasteiger partial charge in [-0.05, 0) is 30.8 Å². The molecule has 1 N–H and O–H groups in total. The molecular weight excluding hydrogens is 299 g/mol. The van der Waals surface area contributed by atoms with Gasteiger partial charge in [0.25, 0.3) is 0 Å². The maximum atomic E-state index is 6.34. The fourth-order valence-corrected chi connectivity index (χ4v) is 3.55. The second-order valence-electron chi connectivity index (χ2n) is 4.34. The van der Waals surface area contributed by atoms with Gasteiger partial charge in [0.15, 0.2) is 0 Å². The first-order chi connectivity index (χ1) is 9.11. The number of rotatable bonds is 5. The largest absolute Gasteiger partial charge is 0.368 e. The van der Waals surface area contributed by atoms with Crippen LogP contribution in [0.4, 0.5) is 5.69 Å². The molecule has 0 aliphatic rings. The number of halogens is 2. The first-order valence-electron chi connectivity index (χ1n) is 5.99. The molecule has 0 saturated heterocycles. The van der Waals surface area contributed by atoms with Gasteiger partial charge in [-0.1, -0.05) is 35.3 Å². The average molecular weight is 315 g/mol. The summed E-state index contributed by atoms with van der Waals surface area (Å²) in [7, 11) is 3.98. The Morgan fingerprint density at radius 1 is 1.21 bits per heavy atom. The highest BCUT2D eigenvalue weighted by atomic mass is 35.5. The Morgan fingerprint density at radius 2 is 2.00 bits per heavy atom. The number of hydrogen-bond acceptors (Lipinski definition) is 3. The number of hydrogen-bond donors (Lipinski definition) is 1. The first kappa shape index (κ1) is 14.7. The molecule has 1 heterocycles. The van der Waals surface area contributed by atoms with E-state index in [9.17, 15) is 0 Å². The summed E-state index contributed by atoms with van der Waals surface area (Å²) in [6.45, 7) is 1.60. The lowest BCUT2D eigenvalue weighted by atomic mass is 10.1. The van der Waals surface area contributed by atoms with Crippen LogP contribution in [-0.4, -0.2) is 14.1 Å². The monoisotopic (exact) mass is 314 g/mol. The Labute approximate surface area is 128 Å². The molecule has 19 heavy (non-hydrogen) atoms. The van der Waals surface area contributed by atoms with Crippen molar-refractivity contribution in [3.63, 3.8) is 0 Å². The maximum absolute atomic E-state index is 6.34. The number of nitrogens with one attached hydrogen (secondary N) is 1. The quantitative estimate of drug-likeness (QED) is 0.879. The van der Waals surface area contributed by atoms with Crippen molar-refractivity contribution in [1.82, 2.24) is 5.32 Å². The highest BCUT2D eigenvalue weighted by Gasteiger charge is 2.12. The molecule has 1 aromatic heterocycles. The van der Waals surface area contributed by atoms with E-state index in [2.05, 4.69) is 22.3 Å². The summed E-state index contributed by atoms with van der Waals surface area (Å²) in [5.74, 6) is 0. The lowest BCUT2D eigenvalue weighted by Crippen LogP contribution is -2.19. The lowest BCUT2D eigenvalue weighted by Gasteiger charge is -2.23. The Kier molecular flexibility index (Phi) is 5.11. The van der Waals surface area contributed by atoms with Crippen LogP contribution in [-0.2, 0) is 13.1 Å². The molecule has 5 heteroatoms. The van der Waals surface area contributed by atoms with Crippen LogP contribution < -0.4 is 10.2 Å². The molecule has 0 amide bonds. The number of nitrogens with zero attached hydrogens (tertiary/aromatic N) is 1. The first-order valence-corrected chi connectivity index (χ1v) is 7.56. The van der Waals surface area contributed by atoms with E-state index < -0.39 is 0 Å². The Bertz CT molecular complexity index is 554. The van der Waals surface area contributed by atoms with Crippen LogP contribution in [0.1, 0.15) is 10.4 Å². The Hall–Kier alpha value is -0.740. The van der Waals surface area contributed by atoms with Crippen LogP contribution in [0.25, 0.3) is 0 Å². The molecule has 0 unspecified atom stereocenters. The van der Waals surface area contributed by atoms with Crippen LogP contribution in [0.5, 0.6) is 0 Å². The van der Waals surface area contributed by atoms with Crippen LogP contribution >= 0.6 is 34.5 Å². The summed E-state index contributed by atoms with van der Waals surface area (Å²) >= 11 is 13.9. The minimum Gasteiger partial charge on any atom is -0.368 e. The van der Waals surface area contributed by atoms with Gasteiger partial charge >= 0.3 is 0 Å². The lowest BCUT2D eigenvalue weighted by molar-refractivity contribution is 0.807. The molecule has 0 aliphatic heterocycles. The van der Waals surface area contributed by atoms with E-state index in [1.165, 1.54) is 10.4 Å². The van der Waals surface area contributed by atoms with Crippen molar-refractivity contribution in [3.05, 3.63) is 50.1 Å². The van der Waals surface area contributed by atoms with E-state index in [0.717, 1.165) is 28.1 Å². The molecule has 0 bridgehead atoms. The van der Waals surface area contributed by atoms with Crippen molar-refractivity contribution in [1.29, 1.82) is 0 Å². The molecule has 102 valence electrons. The zero-order valence-electron chi connectivity index (χ0n) is 10.9. The normalized spacial score (nSPS) is 10.7. The van der Waals surface area contributed by atoms with E-state index >= 15 is 0 Å². The predicted molar refractivity (Wildman–Crippen MR) is 85.7 cm³/mol. The smallest absolute Gasteiger partial charge is 0.0931 e. The third-order valence-corrected chi connectivity index (χ3v) is 4.36. The van der Waals surface area contributed by atoms with E-state index in [-0.39, 0.29) is 0 Å². The van der Waals surface area contributed by atoms with Gasteiger partial charge in [-0.25, -0.2) is 0 Å². The fraction of sp³-hybridized carbons (Fsp3) is 0.286. The van der Waals surface area contributed by atoms with Crippen LogP contribution in [0.3, 0.4) is 0 Å². The molecule has 0 atom stereocenters.